The number of aryl methyl sites for hydroxylation is 2. The van der Waals surface area contributed by atoms with Crippen LogP contribution in [0.5, 0.6) is 0 Å². The first-order chi connectivity index (χ1) is 30.2. The number of carbonyl (C=O) groups is 2. The standard InChI is InChI=1S/C51H97N3O8/c1-10-18-23-44(14-5)39-59-50(60-40-45(15-6)24-19-11-2)29-37-57-48(55)27-34-53(32-22-33-54-36-31-52-43(54)9)35-28-49(56)58-38-30-51(61-41-46(16-7)25-20-12-3)62-42-47(17-8)26-21-13-4/h31,36,44-47,50-51H,10-30,32-35,37-42H2,1-9H3. The van der Waals surface area contributed by atoms with Crippen molar-refractivity contribution in [1.82, 2.24) is 14.5 Å². The molecule has 4 atom stereocenters. The molecule has 0 aliphatic heterocycles. The number of aromatic nitrogens is 2. The molecule has 0 saturated carbocycles. The van der Waals surface area contributed by atoms with Gasteiger partial charge in [-0.2, -0.15) is 0 Å². The SMILES string of the molecule is CCCCC(CC)COC(CCOC(=O)CCN(CCCn1ccnc1C)CCC(=O)OCCC(OCC(CC)CCCC)OCC(CC)CCCC)OCC(CC)CCCC. The van der Waals surface area contributed by atoms with Crippen molar-refractivity contribution in [3.05, 3.63) is 18.2 Å². The van der Waals surface area contributed by atoms with Crippen LogP contribution in [0.3, 0.4) is 0 Å². The molecular weight excluding hydrogens is 783 g/mol. The van der Waals surface area contributed by atoms with Gasteiger partial charge in [-0.3, -0.25) is 9.59 Å². The summed E-state index contributed by atoms with van der Waals surface area (Å²) in [5.41, 5.74) is 0. The number of hydrogen-bond acceptors (Lipinski definition) is 10. The fourth-order valence-electron chi connectivity index (χ4n) is 7.62. The lowest BCUT2D eigenvalue weighted by molar-refractivity contribution is -0.171. The van der Waals surface area contributed by atoms with E-state index in [1.807, 2.05) is 19.3 Å². The normalized spacial score (nSPS) is 14.7. The van der Waals surface area contributed by atoms with E-state index in [-0.39, 0.29) is 38.0 Å². The smallest absolute Gasteiger partial charge is 0.307 e. The number of rotatable bonds is 44. The van der Waals surface area contributed by atoms with Crippen LogP contribution in [0.1, 0.15) is 196 Å². The van der Waals surface area contributed by atoms with Gasteiger partial charge >= 0.3 is 11.9 Å². The van der Waals surface area contributed by atoms with Crippen molar-refractivity contribution in [2.45, 2.75) is 216 Å². The van der Waals surface area contributed by atoms with Crippen LogP contribution in [-0.2, 0) is 44.6 Å². The first kappa shape index (κ1) is 58.0. The van der Waals surface area contributed by atoms with Gasteiger partial charge in [0.25, 0.3) is 0 Å². The zero-order chi connectivity index (χ0) is 45.6. The maximum Gasteiger partial charge on any atom is 0.307 e. The molecule has 0 spiro atoms. The highest BCUT2D eigenvalue weighted by Crippen LogP contribution is 2.20. The van der Waals surface area contributed by atoms with E-state index in [4.69, 9.17) is 28.4 Å². The van der Waals surface area contributed by atoms with E-state index in [2.05, 4.69) is 69.8 Å². The van der Waals surface area contributed by atoms with E-state index in [0.29, 0.717) is 76.0 Å². The van der Waals surface area contributed by atoms with Crippen LogP contribution in [0, 0.1) is 30.6 Å². The van der Waals surface area contributed by atoms with E-state index < -0.39 is 12.6 Å². The van der Waals surface area contributed by atoms with Crippen molar-refractivity contribution in [1.29, 1.82) is 0 Å². The van der Waals surface area contributed by atoms with Crippen molar-refractivity contribution < 1.29 is 38.0 Å². The quantitative estimate of drug-likeness (QED) is 0.0464. The van der Waals surface area contributed by atoms with Gasteiger partial charge in [0.1, 0.15) is 5.82 Å². The van der Waals surface area contributed by atoms with Crippen LogP contribution in [0.4, 0.5) is 0 Å². The molecule has 11 heteroatoms. The average molecular weight is 880 g/mol. The van der Waals surface area contributed by atoms with E-state index in [0.717, 1.165) is 76.7 Å². The van der Waals surface area contributed by atoms with Crippen LogP contribution in [0.2, 0.25) is 0 Å². The third-order valence-corrected chi connectivity index (χ3v) is 12.5. The summed E-state index contributed by atoms with van der Waals surface area (Å²) in [7, 11) is 0. The Morgan fingerprint density at radius 3 is 1.23 bits per heavy atom. The summed E-state index contributed by atoms with van der Waals surface area (Å²) < 4.78 is 39.0. The Balaban J connectivity index is 2.80. The Morgan fingerprint density at radius 1 is 0.548 bits per heavy atom. The predicted octanol–water partition coefficient (Wildman–Crippen LogP) is 12.1. The maximum atomic E-state index is 13.1. The third-order valence-electron chi connectivity index (χ3n) is 12.5. The molecule has 0 fully saturated rings. The summed E-state index contributed by atoms with van der Waals surface area (Å²) >= 11 is 0. The van der Waals surface area contributed by atoms with Crippen LogP contribution < -0.4 is 0 Å². The molecule has 0 bridgehead atoms. The van der Waals surface area contributed by atoms with Gasteiger partial charge in [-0.15, -0.1) is 0 Å². The van der Waals surface area contributed by atoms with Crippen LogP contribution in [0.25, 0.3) is 0 Å². The lowest BCUT2D eigenvalue weighted by atomic mass is 10.0. The zero-order valence-corrected chi connectivity index (χ0v) is 41.6. The largest absolute Gasteiger partial charge is 0.465 e. The van der Waals surface area contributed by atoms with Gasteiger partial charge in [-0.1, -0.05) is 132 Å². The van der Waals surface area contributed by atoms with Gasteiger partial charge in [0, 0.05) is 44.9 Å². The topological polar surface area (TPSA) is 111 Å². The number of hydrogen-bond donors (Lipinski definition) is 0. The minimum absolute atomic E-state index is 0.236. The molecule has 1 rings (SSSR count). The monoisotopic (exact) mass is 880 g/mol. The van der Waals surface area contributed by atoms with Gasteiger partial charge in [-0.25, -0.2) is 4.98 Å². The summed E-state index contributed by atoms with van der Waals surface area (Å²) in [6, 6.07) is 0. The van der Waals surface area contributed by atoms with Crippen molar-refractivity contribution in [2.24, 2.45) is 23.7 Å². The number of ether oxygens (including phenoxy) is 6. The summed E-state index contributed by atoms with van der Waals surface area (Å²) in [4.78, 5) is 32.7. The highest BCUT2D eigenvalue weighted by atomic mass is 16.7. The summed E-state index contributed by atoms with van der Waals surface area (Å²) in [6.07, 6.45) is 23.8. The second kappa shape index (κ2) is 39.3. The minimum Gasteiger partial charge on any atom is -0.465 e. The number of esters is 2. The first-order valence-electron chi connectivity index (χ1n) is 25.6. The summed E-state index contributed by atoms with van der Waals surface area (Å²) in [5.74, 6) is 2.48. The molecule has 0 aliphatic carbocycles. The Bertz CT molecular complexity index is 1080. The highest BCUT2D eigenvalue weighted by molar-refractivity contribution is 5.70. The van der Waals surface area contributed by atoms with Crippen molar-refractivity contribution >= 4 is 11.9 Å². The molecule has 0 amide bonds. The Kier molecular flexibility index (Phi) is 36.8. The van der Waals surface area contributed by atoms with Crippen LogP contribution in [0.15, 0.2) is 12.4 Å². The van der Waals surface area contributed by atoms with Crippen LogP contribution >= 0.6 is 0 Å². The molecule has 62 heavy (non-hydrogen) atoms. The number of carbonyl (C=O) groups excluding carboxylic acids is 2. The molecule has 0 aliphatic rings. The highest BCUT2D eigenvalue weighted by Gasteiger charge is 2.20. The van der Waals surface area contributed by atoms with Gasteiger partial charge in [0.2, 0.25) is 0 Å². The second-order valence-electron chi connectivity index (χ2n) is 17.7. The van der Waals surface area contributed by atoms with E-state index in [9.17, 15) is 9.59 Å². The zero-order valence-electron chi connectivity index (χ0n) is 41.6. The average Bonchev–Trinajstić information content (AvgIpc) is 3.70. The van der Waals surface area contributed by atoms with Gasteiger partial charge in [0.05, 0.1) is 52.5 Å². The summed E-state index contributed by atoms with van der Waals surface area (Å²) in [5, 5.41) is 0. The molecule has 4 unspecified atom stereocenters. The van der Waals surface area contributed by atoms with Crippen molar-refractivity contribution in [2.75, 3.05) is 59.3 Å². The molecule has 1 heterocycles. The van der Waals surface area contributed by atoms with Gasteiger partial charge < -0.3 is 37.9 Å². The minimum atomic E-state index is -0.394. The predicted molar refractivity (Wildman–Crippen MR) is 253 cm³/mol. The lowest BCUT2D eigenvalue weighted by Crippen LogP contribution is -2.32. The van der Waals surface area contributed by atoms with Crippen molar-refractivity contribution in [3.63, 3.8) is 0 Å². The van der Waals surface area contributed by atoms with E-state index >= 15 is 0 Å². The number of nitrogens with zero attached hydrogens (tertiary/aromatic N) is 3. The van der Waals surface area contributed by atoms with Crippen LogP contribution in [-0.4, -0.2) is 98.2 Å². The lowest BCUT2D eigenvalue weighted by Gasteiger charge is -2.25. The second-order valence-corrected chi connectivity index (χ2v) is 17.7. The summed E-state index contributed by atoms with van der Waals surface area (Å²) in [6.45, 7) is 25.5. The fraction of sp³-hybridized carbons (Fsp3) is 0.902. The Labute approximate surface area is 380 Å². The first-order valence-corrected chi connectivity index (χ1v) is 25.6. The molecule has 364 valence electrons. The third kappa shape index (κ3) is 29.4. The number of imidazole rings is 1. The van der Waals surface area contributed by atoms with E-state index in [1.165, 1.54) is 51.4 Å². The molecule has 1 aromatic heterocycles. The Morgan fingerprint density at radius 2 is 0.919 bits per heavy atom. The Hall–Kier alpha value is -2.05. The van der Waals surface area contributed by atoms with Crippen molar-refractivity contribution in [3.8, 4) is 0 Å². The molecule has 0 saturated heterocycles. The molecule has 1 aromatic rings. The van der Waals surface area contributed by atoms with Gasteiger partial charge in [0.15, 0.2) is 12.6 Å². The molecule has 0 N–H and O–H groups in total. The number of unbranched alkanes of at least 4 members (excludes halogenated alkanes) is 4. The molecule has 0 radical (unpaired) electrons. The molecule has 11 nitrogen and oxygen atoms in total. The van der Waals surface area contributed by atoms with E-state index in [1.54, 1.807) is 0 Å². The fourth-order valence-corrected chi connectivity index (χ4v) is 7.62. The maximum absolute atomic E-state index is 13.1. The van der Waals surface area contributed by atoms with Gasteiger partial charge in [-0.05, 0) is 69.2 Å². The molecular formula is C51H97N3O8. The molecule has 0 aromatic carbocycles.